The van der Waals surface area contributed by atoms with Gasteiger partial charge in [-0.2, -0.15) is 0 Å². The van der Waals surface area contributed by atoms with Crippen LogP contribution in [0.25, 0.3) is 38.6 Å². The van der Waals surface area contributed by atoms with E-state index in [1.54, 1.807) is 0 Å². The number of aryl methyl sites for hydroxylation is 1. The summed E-state index contributed by atoms with van der Waals surface area (Å²) in [6.45, 7) is 32.7. The summed E-state index contributed by atoms with van der Waals surface area (Å²) in [5, 5.41) is 3.81. The van der Waals surface area contributed by atoms with Gasteiger partial charge >= 0.3 is 0 Å². The average Bonchev–Trinajstić information content (AvgIpc) is 3.34. The molecule has 2 heteroatoms. The van der Waals surface area contributed by atoms with E-state index >= 15 is 0 Å². The first kappa shape index (κ1) is 35.8. The standard InChI is InChI=1S/C33H38N2.C4H10.C2H6.C2H4/c1-20(2)24-14-11-15-25(21(3)4)30(24)31-22(5)34-32-27-13-10-9-12-26(27)28-18-23(19-33(6,7)8)16-17-29(28)35(31)32;1-3-4-2;2*1-2/h9-18,20-21H,19H2,1-8H3;3-4H2,1-2H3;1-2H3;1-2H2. The molecule has 2 nitrogen and oxygen atoms in total. The van der Waals surface area contributed by atoms with Gasteiger partial charge in [0.15, 0.2) is 0 Å². The third-order valence-corrected chi connectivity index (χ3v) is 7.66. The van der Waals surface area contributed by atoms with Crippen molar-refractivity contribution in [3.63, 3.8) is 0 Å². The minimum absolute atomic E-state index is 0.243. The van der Waals surface area contributed by atoms with E-state index in [4.69, 9.17) is 4.98 Å². The molecule has 0 aliphatic carbocycles. The van der Waals surface area contributed by atoms with Crippen LogP contribution >= 0.6 is 0 Å². The summed E-state index contributed by atoms with van der Waals surface area (Å²) in [6.07, 6.45) is 3.69. The maximum atomic E-state index is 5.21. The van der Waals surface area contributed by atoms with Crippen molar-refractivity contribution in [2.75, 3.05) is 0 Å². The molecule has 43 heavy (non-hydrogen) atoms. The zero-order valence-corrected chi connectivity index (χ0v) is 29.4. The number of rotatable bonds is 5. The van der Waals surface area contributed by atoms with Gasteiger partial charge < -0.3 is 0 Å². The van der Waals surface area contributed by atoms with Crippen molar-refractivity contribution in [2.45, 2.75) is 114 Å². The number of unbranched alkanes of at least 4 members (excludes halogenated alkanes) is 1. The lowest BCUT2D eigenvalue weighted by Gasteiger charge is -2.22. The van der Waals surface area contributed by atoms with Crippen molar-refractivity contribution in [2.24, 2.45) is 5.41 Å². The van der Waals surface area contributed by atoms with E-state index in [1.165, 1.54) is 62.5 Å². The lowest BCUT2D eigenvalue weighted by molar-refractivity contribution is 0.411. The number of benzene rings is 3. The first-order valence-electron chi connectivity index (χ1n) is 16.4. The van der Waals surface area contributed by atoms with Crippen LogP contribution in [0.5, 0.6) is 0 Å². The molecule has 0 saturated carbocycles. The normalized spacial score (nSPS) is 11.2. The molecule has 5 aromatic rings. The highest BCUT2D eigenvalue weighted by Crippen LogP contribution is 2.41. The van der Waals surface area contributed by atoms with Crippen molar-refractivity contribution < 1.29 is 0 Å². The van der Waals surface area contributed by atoms with Gasteiger partial charge in [0.2, 0.25) is 0 Å². The predicted molar refractivity (Wildman–Crippen MR) is 195 cm³/mol. The highest BCUT2D eigenvalue weighted by molar-refractivity contribution is 6.12. The second-order valence-corrected chi connectivity index (χ2v) is 13.0. The minimum Gasteiger partial charge on any atom is -0.291 e. The van der Waals surface area contributed by atoms with Gasteiger partial charge in [0.05, 0.1) is 16.9 Å². The highest BCUT2D eigenvalue weighted by Gasteiger charge is 2.24. The van der Waals surface area contributed by atoms with Crippen LogP contribution in [0.15, 0.2) is 73.8 Å². The van der Waals surface area contributed by atoms with E-state index in [1.807, 2.05) is 13.8 Å². The summed E-state index contributed by atoms with van der Waals surface area (Å²) in [6, 6.07) is 22.7. The Morgan fingerprint density at radius 1 is 0.744 bits per heavy atom. The molecular weight excluding hydrogens is 520 g/mol. The van der Waals surface area contributed by atoms with E-state index in [-0.39, 0.29) is 5.41 Å². The molecule has 3 aromatic carbocycles. The van der Waals surface area contributed by atoms with Gasteiger partial charge in [0, 0.05) is 16.3 Å². The molecule has 0 fully saturated rings. The van der Waals surface area contributed by atoms with Crippen molar-refractivity contribution in [1.29, 1.82) is 0 Å². The molecule has 2 aromatic heterocycles. The van der Waals surface area contributed by atoms with Crippen molar-refractivity contribution in [3.8, 4) is 11.3 Å². The van der Waals surface area contributed by atoms with Crippen LogP contribution in [0, 0.1) is 12.3 Å². The lowest BCUT2D eigenvalue weighted by atomic mass is 9.86. The fourth-order valence-electron chi connectivity index (χ4n) is 5.69. The monoisotopic (exact) mass is 578 g/mol. The summed E-state index contributed by atoms with van der Waals surface area (Å²) in [5.41, 5.74) is 10.4. The van der Waals surface area contributed by atoms with Crippen LogP contribution < -0.4 is 0 Å². The first-order chi connectivity index (χ1) is 20.5. The Labute approximate surface area is 263 Å². The van der Waals surface area contributed by atoms with E-state index < -0.39 is 0 Å². The summed E-state index contributed by atoms with van der Waals surface area (Å²) in [5.74, 6) is 0.859. The van der Waals surface area contributed by atoms with Gasteiger partial charge in [0.25, 0.3) is 0 Å². The number of fused-ring (bicyclic) bond motifs is 6. The summed E-state index contributed by atoms with van der Waals surface area (Å²) in [4.78, 5) is 5.21. The molecule has 0 saturated heterocycles. The van der Waals surface area contributed by atoms with Crippen LogP contribution in [-0.2, 0) is 6.42 Å². The first-order valence-corrected chi connectivity index (χ1v) is 16.4. The summed E-state index contributed by atoms with van der Waals surface area (Å²) < 4.78 is 2.45. The Kier molecular flexibility index (Phi) is 13.2. The molecule has 0 aliphatic rings. The molecular formula is C41H58N2. The second kappa shape index (κ2) is 15.9. The van der Waals surface area contributed by atoms with Gasteiger partial charge in [-0.15, -0.1) is 13.2 Å². The molecule has 0 radical (unpaired) electrons. The predicted octanol–water partition coefficient (Wildman–Crippen LogP) is 13.1. The maximum absolute atomic E-state index is 5.21. The maximum Gasteiger partial charge on any atom is 0.145 e. The van der Waals surface area contributed by atoms with Gasteiger partial charge in [-0.3, -0.25) is 4.40 Å². The summed E-state index contributed by atoms with van der Waals surface area (Å²) in [7, 11) is 0. The van der Waals surface area contributed by atoms with E-state index in [9.17, 15) is 0 Å². The number of hydrogen-bond acceptors (Lipinski definition) is 1. The van der Waals surface area contributed by atoms with Gasteiger partial charge in [-0.05, 0) is 64.8 Å². The zero-order chi connectivity index (χ0) is 32.5. The third-order valence-electron chi connectivity index (χ3n) is 7.66. The minimum atomic E-state index is 0.243. The number of imidazole rings is 1. The van der Waals surface area contributed by atoms with Crippen molar-refractivity contribution in [3.05, 3.63) is 96.2 Å². The number of nitrogens with zero attached hydrogens (tertiary/aromatic N) is 2. The Balaban J connectivity index is 0.000000733. The van der Waals surface area contributed by atoms with E-state index in [2.05, 4.69) is 147 Å². The molecule has 2 heterocycles. The fraction of sp³-hybridized carbons (Fsp3) is 0.439. The quantitative estimate of drug-likeness (QED) is 0.150. The zero-order valence-electron chi connectivity index (χ0n) is 29.4. The van der Waals surface area contributed by atoms with Crippen molar-refractivity contribution in [1.82, 2.24) is 9.38 Å². The van der Waals surface area contributed by atoms with E-state index in [0.717, 1.165) is 17.8 Å². The fourth-order valence-corrected chi connectivity index (χ4v) is 5.69. The van der Waals surface area contributed by atoms with Crippen LogP contribution in [0.3, 0.4) is 0 Å². The molecule has 232 valence electrons. The SMILES string of the molecule is C=C.CC.CCCC.Cc1nc2c3ccccc3c3cc(CC(C)(C)C)ccc3n2c1-c1c(C(C)C)cccc1C(C)C. The van der Waals surface area contributed by atoms with E-state index in [0.29, 0.717) is 11.8 Å². The Morgan fingerprint density at radius 2 is 1.28 bits per heavy atom. The number of aromatic nitrogens is 2. The smallest absolute Gasteiger partial charge is 0.145 e. The molecule has 0 N–H and O–H groups in total. The molecule has 0 spiro atoms. The molecule has 0 aliphatic heterocycles. The van der Waals surface area contributed by atoms with Crippen LogP contribution in [0.4, 0.5) is 0 Å². The molecule has 0 bridgehead atoms. The second-order valence-electron chi connectivity index (χ2n) is 13.0. The number of pyridine rings is 1. The van der Waals surface area contributed by atoms with Gasteiger partial charge in [0.1, 0.15) is 5.65 Å². The Morgan fingerprint density at radius 3 is 1.77 bits per heavy atom. The topological polar surface area (TPSA) is 17.3 Å². The van der Waals surface area contributed by atoms with Crippen LogP contribution in [-0.4, -0.2) is 9.38 Å². The lowest BCUT2D eigenvalue weighted by Crippen LogP contribution is -2.09. The average molecular weight is 579 g/mol. The van der Waals surface area contributed by atoms with Crippen LogP contribution in [0.1, 0.15) is 123 Å². The Hall–Kier alpha value is -3.39. The number of hydrogen-bond donors (Lipinski definition) is 0. The molecule has 5 rings (SSSR count). The van der Waals surface area contributed by atoms with Gasteiger partial charge in [-0.25, -0.2) is 4.98 Å². The van der Waals surface area contributed by atoms with Crippen molar-refractivity contribution >= 4 is 27.3 Å². The van der Waals surface area contributed by atoms with Gasteiger partial charge in [-0.1, -0.05) is 138 Å². The molecule has 0 unspecified atom stereocenters. The summed E-state index contributed by atoms with van der Waals surface area (Å²) >= 11 is 0. The van der Waals surface area contributed by atoms with Crippen LogP contribution in [0.2, 0.25) is 0 Å². The Bertz CT molecular complexity index is 1580. The molecule has 0 atom stereocenters. The highest BCUT2D eigenvalue weighted by atomic mass is 15.0. The largest absolute Gasteiger partial charge is 0.291 e. The third kappa shape index (κ3) is 7.96. The molecule has 0 amide bonds.